The first-order chi connectivity index (χ1) is 9.27. The zero-order valence-electron chi connectivity index (χ0n) is 13.1. The first-order valence-corrected chi connectivity index (χ1v) is 7.44. The Morgan fingerprint density at radius 1 is 1.20 bits per heavy atom. The summed E-state index contributed by atoms with van der Waals surface area (Å²) >= 11 is 0. The van der Waals surface area contributed by atoms with Crippen molar-refractivity contribution in [1.29, 1.82) is 0 Å². The van der Waals surface area contributed by atoms with Crippen LogP contribution in [0.5, 0.6) is 0 Å². The number of piperidine rings is 1. The van der Waals surface area contributed by atoms with E-state index in [-0.39, 0.29) is 5.91 Å². The van der Waals surface area contributed by atoms with Gasteiger partial charge in [-0.1, -0.05) is 20.8 Å². The Kier molecular flexibility index (Phi) is 4.07. The Morgan fingerprint density at radius 2 is 1.80 bits per heavy atom. The van der Waals surface area contributed by atoms with Gasteiger partial charge in [-0.15, -0.1) is 0 Å². The molecule has 0 spiro atoms. The predicted molar refractivity (Wildman–Crippen MR) is 83.7 cm³/mol. The van der Waals surface area contributed by atoms with E-state index in [1.54, 1.807) is 6.07 Å². The minimum absolute atomic E-state index is 0.118. The Bertz CT molecular complexity index is 474. The van der Waals surface area contributed by atoms with Crippen molar-refractivity contribution in [2.75, 3.05) is 18.8 Å². The second kappa shape index (κ2) is 5.47. The molecule has 1 aliphatic heterocycles. The number of nitrogen functional groups attached to an aromatic ring is 1. The molecule has 0 radical (unpaired) electrons. The van der Waals surface area contributed by atoms with E-state index in [0.29, 0.717) is 17.0 Å². The second-order valence-electron chi connectivity index (χ2n) is 7.06. The summed E-state index contributed by atoms with van der Waals surface area (Å²) in [5.41, 5.74) is 8.60. The van der Waals surface area contributed by atoms with Crippen LogP contribution in [-0.2, 0) is 0 Å². The molecule has 1 aromatic rings. The lowest BCUT2D eigenvalue weighted by atomic mass is 9.75. The molecule has 1 saturated heterocycles. The molecule has 3 heteroatoms. The monoisotopic (exact) mass is 274 g/mol. The van der Waals surface area contributed by atoms with Crippen LogP contribution in [0.25, 0.3) is 0 Å². The summed E-state index contributed by atoms with van der Waals surface area (Å²) in [6.07, 6.45) is 2.19. The molecule has 1 amide bonds. The van der Waals surface area contributed by atoms with Crippen LogP contribution in [-0.4, -0.2) is 23.9 Å². The van der Waals surface area contributed by atoms with Gasteiger partial charge < -0.3 is 10.6 Å². The molecule has 2 rings (SSSR count). The molecule has 1 aromatic carbocycles. The van der Waals surface area contributed by atoms with Gasteiger partial charge in [-0.2, -0.15) is 0 Å². The highest BCUT2D eigenvalue weighted by Crippen LogP contribution is 2.34. The van der Waals surface area contributed by atoms with Crippen molar-refractivity contribution in [3.05, 3.63) is 29.3 Å². The summed E-state index contributed by atoms with van der Waals surface area (Å²) in [5, 5.41) is 0. The molecule has 0 atom stereocenters. The molecule has 2 N–H and O–H groups in total. The molecule has 0 saturated carbocycles. The van der Waals surface area contributed by atoms with Crippen LogP contribution < -0.4 is 5.73 Å². The summed E-state index contributed by atoms with van der Waals surface area (Å²) in [6, 6.07) is 5.60. The number of nitrogens with zero attached hydrogens (tertiary/aromatic N) is 1. The largest absolute Gasteiger partial charge is 0.399 e. The normalized spacial score (nSPS) is 17.3. The Hall–Kier alpha value is -1.51. The first kappa shape index (κ1) is 14.9. The van der Waals surface area contributed by atoms with Gasteiger partial charge in [0.05, 0.1) is 0 Å². The van der Waals surface area contributed by atoms with Gasteiger partial charge in [0.25, 0.3) is 5.91 Å². The number of nitrogens with two attached hydrogens (primary N) is 1. The van der Waals surface area contributed by atoms with Gasteiger partial charge >= 0.3 is 0 Å². The molecule has 1 fully saturated rings. The highest BCUT2D eigenvalue weighted by molar-refractivity contribution is 5.95. The maximum atomic E-state index is 12.5. The van der Waals surface area contributed by atoms with Crippen LogP contribution in [0, 0.1) is 18.3 Å². The van der Waals surface area contributed by atoms with Gasteiger partial charge in [-0.25, -0.2) is 0 Å². The lowest BCUT2D eigenvalue weighted by molar-refractivity contribution is 0.0608. The molecule has 20 heavy (non-hydrogen) atoms. The molecular weight excluding hydrogens is 248 g/mol. The van der Waals surface area contributed by atoms with Gasteiger partial charge in [0, 0.05) is 24.3 Å². The molecule has 0 unspecified atom stereocenters. The summed E-state index contributed by atoms with van der Waals surface area (Å²) in [6.45, 7) is 10.5. The van der Waals surface area contributed by atoms with E-state index in [0.717, 1.165) is 37.1 Å². The summed E-state index contributed by atoms with van der Waals surface area (Å²) < 4.78 is 0. The topological polar surface area (TPSA) is 46.3 Å². The van der Waals surface area contributed by atoms with E-state index >= 15 is 0 Å². The number of benzene rings is 1. The smallest absolute Gasteiger partial charge is 0.253 e. The van der Waals surface area contributed by atoms with Crippen molar-refractivity contribution in [1.82, 2.24) is 4.90 Å². The number of rotatable bonds is 1. The zero-order valence-corrected chi connectivity index (χ0v) is 13.1. The quantitative estimate of drug-likeness (QED) is 0.797. The standard InChI is InChI=1S/C17H26N2O/c1-12-9-13(11-15(18)10-12)16(20)19-7-5-14(6-8-19)17(2,3)4/h9-11,14H,5-8,18H2,1-4H3. The van der Waals surface area contributed by atoms with E-state index in [9.17, 15) is 4.79 Å². The number of carbonyl (C=O) groups excluding carboxylic acids is 1. The summed E-state index contributed by atoms with van der Waals surface area (Å²) in [7, 11) is 0. The fraction of sp³-hybridized carbons (Fsp3) is 0.588. The maximum absolute atomic E-state index is 12.5. The highest BCUT2D eigenvalue weighted by Gasteiger charge is 2.30. The summed E-state index contributed by atoms with van der Waals surface area (Å²) in [5.74, 6) is 0.821. The van der Waals surface area contributed by atoms with Crippen LogP contribution in [0.2, 0.25) is 0 Å². The van der Waals surface area contributed by atoms with Gasteiger partial charge in [-0.3, -0.25) is 4.79 Å². The Labute approximate surface area is 122 Å². The molecule has 0 aromatic heterocycles. The van der Waals surface area contributed by atoms with Gasteiger partial charge in [0.15, 0.2) is 0 Å². The SMILES string of the molecule is Cc1cc(N)cc(C(=O)N2CCC(C(C)(C)C)CC2)c1. The third-order valence-corrected chi connectivity index (χ3v) is 4.35. The number of hydrogen-bond acceptors (Lipinski definition) is 2. The average molecular weight is 274 g/mol. The van der Waals surface area contributed by atoms with Crippen molar-refractivity contribution in [2.24, 2.45) is 11.3 Å². The van der Waals surface area contributed by atoms with Crippen molar-refractivity contribution >= 4 is 11.6 Å². The number of aryl methyl sites for hydroxylation is 1. The average Bonchev–Trinajstić information content (AvgIpc) is 2.36. The van der Waals surface area contributed by atoms with Gasteiger partial charge in [-0.05, 0) is 54.9 Å². The molecule has 110 valence electrons. The number of amides is 1. The molecule has 1 aliphatic rings. The van der Waals surface area contributed by atoms with E-state index in [4.69, 9.17) is 5.73 Å². The van der Waals surface area contributed by atoms with Crippen molar-refractivity contribution in [3.8, 4) is 0 Å². The van der Waals surface area contributed by atoms with Crippen molar-refractivity contribution < 1.29 is 4.79 Å². The third kappa shape index (κ3) is 3.33. The second-order valence-corrected chi connectivity index (χ2v) is 7.06. The van der Waals surface area contributed by atoms with Gasteiger partial charge in [0.1, 0.15) is 0 Å². The van der Waals surface area contributed by atoms with Crippen LogP contribution in [0.4, 0.5) is 5.69 Å². The van der Waals surface area contributed by atoms with E-state index < -0.39 is 0 Å². The van der Waals surface area contributed by atoms with Crippen molar-refractivity contribution in [3.63, 3.8) is 0 Å². The van der Waals surface area contributed by atoms with Crippen LogP contribution in [0.1, 0.15) is 49.5 Å². The molecular formula is C17H26N2O. The number of likely N-dealkylation sites (tertiary alicyclic amines) is 1. The zero-order chi connectivity index (χ0) is 14.9. The van der Waals surface area contributed by atoms with E-state index in [1.807, 2.05) is 24.0 Å². The summed E-state index contributed by atoms with van der Waals surface area (Å²) in [4.78, 5) is 14.5. The van der Waals surface area contributed by atoms with E-state index in [2.05, 4.69) is 20.8 Å². The lowest BCUT2D eigenvalue weighted by Crippen LogP contribution is -2.41. The number of hydrogen-bond donors (Lipinski definition) is 1. The molecule has 0 aliphatic carbocycles. The number of anilines is 1. The van der Waals surface area contributed by atoms with Crippen molar-refractivity contribution in [2.45, 2.75) is 40.5 Å². The van der Waals surface area contributed by atoms with Crippen LogP contribution >= 0.6 is 0 Å². The fourth-order valence-corrected chi connectivity index (χ4v) is 3.07. The number of carbonyl (C=O) groups is 1. The van der Waals surface area contributed by atoms with E-state index in [1.165, 1.54) is 0 Å². The third-order valence-electron chi connectivity index (χ3n) is 4.35. The highest BCUT2D eigenvalue weighted by atomic mass is 16.2. The minimum Gasteiger partial charge on any atom is -0.399 e. The molecule has 3 nitrogen and oxygen atoms in total. The Balaban J connectivity index is 2.05. The predicted octanol–water partition coefficient (Wildman–Crippen LogP) is 3.48. The van der Waals surface area contributed by atoms with Crippen LogP contribution in [0.15, 0.2) is 18.2 Å². The minimum atomic E-state index is 0.118. The Morgan fingerprint density at radius 3 is 2.30 bits per heavy atom. The molecule has 1 heterocycles. The fourth-order valence-electron chi connectivity index (χ4n) is 3.07. The maximum Gasteiger partial charge on any atom is 0.253 e. The van der Waals surface area contributed by atoms with Gasteiger partial charge in [0.2, 0.25) is 0 Å². The lowest BCUT2D eigenvalue weighted by Gasteiger charge is -2.38. The molecule has 0 bridgehead atoms. The van der Waals surface area contributed by atoms with Crippen LogP contribution in [0.3, 0.4) is 0 Å². The first-order valence-electron chi connectivity index (χ1n) is 7.44.